The van der Waals surface area contributed by atoms with Crippen molar-refractivity contribution in [1.82, 2.24) is 20.1 Å². The molecule has 0 aliphatic carbocycles. The van der Waals surface area contributed by atoms with Crippen LogP contribution in [0.15, 0.2) is 53.9 Å². The van der Waals surface area contributed by atoms with E-state index in [4.69, 9.17) is 14.6 Å². The Labute approximate surface area is 193 Å². The first-order valence-electron chi connectivity index (χ1n) is 10.9. The number of benzene rings is 2. The van der Waals surface area contributed by atoms with Crippen LogP contribution in [-0.4, -0.2) is 53.8 Å². The Morgan fingerprint density at radius 1 is 1.09 bits per heavy atom. The van der Waals surface area contributed by atoms with Crippen molar-refractivity contribution in [1.29, 1.82) is 0 Å². The predicted molar refractivity (Wildman–Crippen MR) is 128 cm³/mol. The first-order chi connectivity index (χ1) is 16.0. The highest BCUT2D eigenvalue weighted by Gasteiger charge is 2.29. The van der Waals surface area contributed by atoms with Crippen LogP contribution < -0.4 is 14.8 Å². The van der Waals surface area contributed by atoms with Crippen molar-refractivity contribution < 1.29 is 14.3 Å². The number of nitrogens with one attached hydrogen (secondary N) is 1. The molecular formula is C25H29N5O3. The molecule has 33 heavy (non-hydrogen) atoms. The summed E-state index contributed by atoms with van der Waals surface area (Å²) in [6.07, 6.45) is 5.23. The molecule has 2 aromatic carbocycles. The number of hydrazone groups is 1. The normalized spacial score (nSPS) is 15.4. The second-order valence-corrected chi connectivity index (χ2v) is 7.96. The van der Waals surface area contributed by atoms with E-state index in [1.54, 1.807) is 31.0 Å². The Hall–Kier alpha value is -3.81. The molecule has 0 spiro atoms. The quantitative estimate of drug-likeness (QED) is 0.645. The molecule has 172 valence electrons. The third-order valence-corrected chi connectivity index (χ3v) is 5.96. The number of rotatable bonds is 5. The van der Waals surface area contributed by atoms with E-state index in [-0.39, 0.29) is 12.1 Å². The van der Waals surface area contributed by atoms with Crippen molar-refractivity contribution >= 4 is 11.7 Å². The van der Waals surface area contributed by atoms with Gasteiger partial charge in [-0.25, -0.2) is 9.80 Å². The monoisotopic (exact) mass is 447 g/mol. The summed E-state index contributed by atoms with van der Waals surface area (Å²) in [5, 5.41) is 13.4. The van der Waals surface area contributed by atoms with E-state index in [0.717, 1.165) is 34.2 Å². The maximum atomic E-state index is 12.8. The van der Waals surface area contributed by atoms with Crippen molar-refractivity contribution in [3.63, 3.8) is 0 Å². The summed E-state index contributed by atoms with van der Waals surface area (Å²) in [6.45, 7) is 2.06. The highest BCUT2D eigenvalue weighted by atomic mass is 16.5. The molecule has 0 fully saturated rings. The highest BCUT2D eigenvalue weighted by molar-refractivity contribution is 6.14. The fraction of sp³-hybridized carbons (Fsp3) is 0.320. The molecule has 1 aliphatic rings. The first kappa shape index (κ1) is 22.4. The van der Waals surface area contributed by atoms with Crippen LogP contribution in [0, 0.1) is 0 Å². The number of methoxy groups -OCH3 is 2. The molecule has 1 aromatic heterocycles. The zero-order valence-electron chi connectivity index (χ0n) is 19.6. The van der Waals surface area contributed by atoms with Gasteiger partial charge >= 0.3 is 6.03 Å². The number of aryl methyl sites for hydroxylation is 1. The predicted octanol–water partition coefficient (Wildman–Crippen LogP) is 3.83. The Morgan fingerprint density at radius 2 is 1.76 bits per heavy atom. The SMILES string of the molecule is CCC1Cc2cc(OC)c(OC)cc2C(c2ccc(-c3cnn(C)c3)cc2)=NN1C(=O)NC. The topological polar surface area (TPSA) is 81.0 Å². The minimum absolute atomic E-state index is 0.0889. The van der Waals surface area contributed by atoms with Crippen LogP contribution in [0.1, 0.15) is 30.0 Å². The fourth-order valence-electron chi connectivity index (χ4n) is 4.14. The first-order valence-corrected chi connectivity index (χ1v) is 10.9. The van der Waals surface area contributed by atoms with Crippen molar-refractivity contribution in [2.24, 2.45) is 12.1 Å². The Bertz CT molecular complexity index is 1180. The maximum Gasteiger partial charge on any atom is 0.337 e. The number of hydrogen-bond donors (Lipinski definition) is 1. The molecule has 2 heterocycles. The van der Waals surface area contributed by atoms with Gasteiger partial charge in [-0.2, -0.15) is 10.2 Å². The number of nitrogens with zero attached hydrogens (tertiary/aromatic N) is 4. The van der Waals surface area contributed by atoms with E-state index in [9.17, 15) is 4.79 Å². The fourth-order valence-corrected chi connectivity index (χ4v) is 4.14. The Balaban J connectivity index is 1.87. The summed E-state index contributed by atoms with van der Waals surface area (Å²) in [4.78, 5) is 12.8. The molecule has 1 N–H and O–H groups in total. The summed E-state index contributed by atoms with van der Waals surface area (Å²) < 4.78 is 12.9. The smallest absolute Gasteiger partial charge is 0.337 e. The number of hydrogen-bond acceptors (Lipinski definition) is 5. The summed E-state index contributed by atoms with van der Waals surface area (Å²) in [7, 11) is 6.76. The van der Waals surface area contributed by atoms with Crippen molar-refractivity contribution in [2.75, 3.05) is 21.3 Å². The van der Waals surface area contributed by atoms with Gasteiger partial charge in [0.2, 0.25) is 0 Å². The summed E-state index contributed by atoms with van der Waals surface area (Å²) in [5.74, 6) is 1.28. The largest absolute Gasteiger partial charge is 0.493 e. The molecule has 4 rings (SSSR count). The molecule has 0 bridgehead atoms. The molecule has 8 nitrogen and oxygen atoms in total. The standard InChI is InChI=1S/C25H29N5O3/c1-6-20-11-18-12-22(32-4)23(33-5)13-21(18)24(28-30(20)25(31)26-2)17-9-7-16(8-10-17)19-14-27-29(3)15-19/h7-10,12-15,20H,6,11H2,1-5H3,(H,26,31). The Morgan fingerprint density at radius 3 is 2.33 bits per heavy atom. The van der Waals surface area contributed by atoms with Crippen molar-refractivity contribution in [3.05, 3.63) is 65.5 Å². The second kappa shape index (κ2) is 9.36. The van der Waals surface area contributed by atoms with Crippen LogP contribution in [0.3, 0.4) is 0 Å². The number of aromatic nitrogens is 2. The van der Waals surface area contributed by atoms with Gasteiger partial charge in [-0.3, -0.25) is 4.68 Å². The average molecular weight is 448 g/mol. The third kappa shape index (κ3) is 4.28. The number of fused-ring (bicyclic) bond motifs is 1. The van der Waals surface area contributed by atoms with Gasteiger partial charge in [-0.05, 0) is 36.1 Å². The highest BCUT2D eigenvalue weighted by Crippen LogP contribution is 2.35. The molecule has 3 aromatic rings. The van der Waals surface area contributed by atoms with Crippen LogP contribution in [0.5, 0.6) is 11.5 Å². The number of urea groups is 1. The van der Waals surface area contributed by atoms with Gasteiger partial charge in [0.05, 0.1) is 32.2 Å². The molecule has 0 saturated heterocycles. The average Bonchev–Trinajstić information content (AvgIpc) is 3.21. The minimum Gasteiger partial charge on any atom is -0.493 e. The van der Waals surface area contributed by atoms with E-state index < -0.39 is 0 Å². The van der Waals surface area contributed by atoms with Crippen LogP contribution in [0.4, 0.5) is 4.79 Å². The van der Waals surface area contributed by atoms with E-state index >= 15 is 0 Å². The molecule has 0 saturated carbocycles. The second-order valence-electron chi connectivity index (χ2n) is 7.96. The van der Waals surface area contributed by atoms with Gasteiger partial charge in [-0.1, -0.05) is 31.2 Å². The molecule has 8 heteroatoms. The summed E-state index contributed by atoms with van der Waals surface area (Å²) in [6, 6.07) is 11.7. The van der Waals surface area contributed by atoms with E-state index in [0.29, 0.717) is 23.6 Å². The van der Waals surface area contributed by atoms with Gasteiger partial charge in [-0.15, -0.1) is 0 Å². The number of carbonyl (C=O) groups is 1. The molecule has 2 amide bonds. The lowest BCUT2D eigenvalue weighted by atomic mass is 9.92. The zero-order chi connectivity index (χ0) is 23.5. The molecule has 1 atom stereocenters. The Kier molecular flexibility index (Phi) is 6.35. The maximum absolute atomic E-state index is 12.8. The lowest BCUT2D eigenvalue weighted by Gasteiger charge is -2.25. The van der Waals surface area contributed by atoms with Gasteiger partial charge in [0, 0.05) is 37.0 Å². The number of carbonyl (C=O) groups excluding carboxylic acids is 1. The van der Waals surface area contributed by atoms with Gasteiger partial charge < -0.3 is 14.8 Å². The van der Waals surface area contributed by atoms with Crippen LogP contribution in [-0.2, 0) is 13.5 Å². The van der Waals surface area contributed by atoms with Crippen LogP contribution in [0.25, 0.3) is 11.1 Å². The van der Waals surface area contributed by atoms with Crippen LogP contribution >= 0.6 is 0 Å². The van der Waals surface area contributed by atoms with Gasteiger partial charge in [0.1, 0.15) is 0 Å². The molecular weight excluding hydrogens is 418 g/mol. The summed E-state index contributed by atoms with van der Waals surface area (Å²) in [5.41, 5.74) is 5.69. The van der Waals surface area contributed by atoms with E-state index in [1.807, 2.05) is 55.8 Å². The number of ether oxygens (including phenoxy) is 2. The zero-order valence-corrected chi connectivity index (χ0v) is 19.6. The third-order valence-electron chi connectivity index (χ3n) is 5.96. The van der Waals surface area contributed by atoms with Crippen LogP contribution in [0.2, 0.25) is 0 Å². The van der Waals surface area contributed by atoms with Crippen molar-refractivity contribution in [2.45, 2.75) is 25.8 Å². The van der Waals surface area contributed by atoms with Gasteiger partial charge in [0.15, 0.2) is 11.5 Å². The van der Waals surface area contributed by atoms with E-state index in [2.05, 4.69) is 17.3 Å². The molecule has 1 unspecified atom stereocenters. The lowest BCUT2D eigenvalue weighted by Crippen LogP contribution is -2.42. The summed E-state index contributed by atoms with van der Waals surface area (Å²) >= 11 is 0. The minimum atomic E-state index is -0.238. The van der Waals surface area contributed by atoms with Crippen molar-refractivity contribution in [3.8, 4) is 22.6 Å². The molecule has 0 radical (unpaired) electrons. The lowest BCUT2D eigenvalue weighted by molar-refractivity contribution is 0.177. The van der Waals surface area contributed by atoms with Gasteiger partial charge in [0.25, 0.3) is 0 Å². The number of amides is 2. The molecule has 1 aliphatic heterocycles. The van der Waals surface area contributed by atoms with E-state index in [1.165, 1.54) is 0 Å².